The Hall–Kier alpha value is -0.670. The van der Waals surface area contributed by atoms with Crippen molar-refractivity contribution in [2.24, 2.45) is 5.41 Å². The van der Waals surface area contributed by atoms with Crippen LogP contribution in [0, 0.1) is 12.3 Å². The lowest BCUT2D eigenvalue weighted by Gasteiger charge is -2.36. The maximum Gasteiger partial charge on any atom is 0.363 e. The summed E-state index contributed by atoms with van der Waals surface area (Å²) in [7, 11) is -1.74. The largest absolute Gasteiger partial charge is 0.364 e. The fourth-order valence-corrected chi connectivity index (χ4v) is 4.12. The highest BCUT2D eigenvalue weighted by Gasteiger charge is 2.44. The van der Waals surface area contributed by atoms with Gasteiger partial charge >= 0.3 is 7.60 Å². The molecule has 0 bridgehead atoms. The molecule has 106 valence electrons. The second-order valence-electron chi connectivity index (χ2n) is 5.75. The fraction of sp³-hybridized carbons (Fsp3) is 0.571. The molecule has 1 fully saturated rings. The molecule has 0 radical (unpaired) electrons. The van der Waals surface area contributed by atoms with Gasteiger partial charge in [0.25, 0.3) is 0 Å². The summed E-state index contributed by atoms with van der Waals surface area (Å²) in [6.45, 7) is 6.87. The summed E-state index contributed by atoms with van der Waals surface area (Å²) >= 11 is 0. The Bertz CT molecular complexity index is 467. The van der Waals surface area contributed by atoms with Gasteiger partial charge in [0.2, 0.25) is 0 Å². The maximum atomic E-state index is 12.8. The third kappa shape index (κ3) is 3.26. The van der Waals surface area contributed by atoms with Gasteiger partial charge in [-0.1, -0.05) is 43.7 Å². The second kappa shape index (κ2) is 5.37. The Morgan fingerprint density at radius 2 is 1.74 bits per heavy atom. The first-order valence-electron chi connectivity index (χ1n) is 6.34. The zero-order valence-electron chi connectivity index (χ0n) is 11.9. The minimum absolute atomic E-state index is 0.112. The number of aryl methyl sites for hydroxylation is 1. The van der Waals surface area contributed by atoms with Crippen LogP contribution in [0.2, 0.25) is 0 Å². The summed E-state index contributed by atoms with van der Waals surface area (Å²) in [6.07, 6.45) is 0. The van der Waals surface area contributed by atoms with Crippen LogP contribution in [-0.4, -0.2) is 20.3 Å². The molecule has 1 heterocycles. The minimum atomic E-state index is -3.26. The van der Waals surface area contributed by atoms with Crippen LogP contribution < -0.4 is 0 Å². The molecular formula is C14H21O4P. The van der Waals surface area contributed by atoms with Gasteiger partial charge in [-0.3, -0.25) is 4.57 Å². The average molecular weight is 284 g/mol. The molecule has 1 atom stereocenters. The number of rotatable bonds is 3. The van der Waals surface area contributed by atoms with Crippen LogP contribution in [0.4, 0.5) is 0 Å². The van der Waals surface area contributed by atoms with E-state index >= 15 is 0 Å². The summed E-state index contributed by atoms with van der Waals surface area (Å²) in [5.74, 6) is -0.663. The van der Waals surface area contributed by atoms with E-state index in [4.69, 9.17) is 13.8 Å². The van der Waals surface area contributed by atoms with E-state index in [0.29, 0.717) is 13.2 Å². The first-order valence-corrected chi connectivity index (χ1v) is 7.96. The predicted molar refractivity (Wildman–Crippen MR) is 74.2 cm³/mol. The van der Waals surface area contributed by atoms with Crippen molar-refractivity contribution in [3.63, 3.8) is 0 Å². The van der Waals surface area contributed by atoms with Crippen molar-refractivity contribution in [2.75, 3.05) is 20.3 Å². The van der Waals surface area contributed by atoms with E-state index < -0.39 is 13.4 Å². The zero-order chi connectivity index (χ0) is 14.1. The van der Waals surface area contributed by atoms with Crippen molar-refractivity contribution in [2.45, 2.75) is 26.6 Å². The van der Waals surface area contributed by atoms with E-state index in [2.05, 4.69) is 0 Å². The summed E-state index contributed by atoms with van der Waals surface area (Å²) in [6, 6.07) is 7.72. The molecule has 0 spiro atoms. The van der Waals surface area contributed by atoms with Crippen LogP contribution in [-0.2, 0) is 18.3 Å². The molecule has 19 heavy (non-hydrogen) atoms. The van der Waals surface area contributed by atoms with Crippen molar-refractivity contribution in [3.8, 4) is 0 Å². The molecule has 1 aromatic carbocycles. The predicted octanol–water partition coefficient (Wildman–Crippen LogP) is 3.91. The highest BCUT2D eigenvalue weighted by molar-refractivity contribution is 7.54. The summed E-state index contributed by atoms with van der Waals surface area (Å²) in [4.78, 5) is 0. The smallest absolute Gasteiger partial charge is 0.363 e. The molecule has 0 aromatic heterocycles. The molecule has 1 aromatic rings. The Kier molecular flexibility index (Phi) is 4.17. The van der Waals surface area contributed by atoms with E-state index in [1.54, 1.807) is 0 Å². The number of hydrogen-bond donors (Lipinski definition) is 0. The second-order valence-corrected chi connectivity index (χ2v) is 7.81. The number of hydrogen-bond acceptors (Lipinski definition) is 4. The molecule has 1 aliphatic rings. The standard InChI is InChI=1S/C14H21O4P/c1-11-5-7-12(8-6-11)13(16-4)19(15)17-9-14(2,3)10-18-19/h5-8,13H,9-10H2,1-4H3. The van der Waals surface area contributed by atoms with E-state index in [1.807, 2.05) is 45.0 Å². The lowest BCUT2D eigenvalue weighted by atomic mass is 9.97. The van der Waals surface area contributed by atoms with Gasteiger partial charge in [0.1, 0.15) is 0 Å². The van der Waals surface area contributed by atoms with Crippen molar-refractivity contribution in [1.82, 2.24) is 0 Å². The molecule has 5 heteroatoms. The van der Waals surface area contributed by atoms with Gasteiger partial charge in [-0.15, -0.1) is 0 Å². The highest BCUT2D eigenvalue weighted by atomic mass is 31.2. The molecule has 0 aliphatic carbocycles. The summed E-state index contributed by atoms with van der Waals surface area (Å²) in [5.41, 5.74) is 1.85. The van der Waals surface area contributed by atoms with Gasteiger partial charge in [0, 0.05) is 12.5 Å². The molecule has 2 rings (SSSR count). The van der Waals surface area contributed by atoms with Gasteiger partial charge in [-0.25, -0.2) is 0 Å². The van der Waals surface area contributed by atoms with E-state index in [0.717, 1.165) is 11.1 Å². The lowest BCUT2D eigenvalue weighted by molar-refractivity contribution is 0.0154. The normalized spacial score (nSPS) is 22.9. The van der Waals surface area contributed by atoms with Crippen LogP contribution in [0.25, 0.3) is 0 Å². The minimum Gasteiger partial charge on any atom is -0.364 e. The van der Waals surface area contributed by atoms with Crippen LogP contribution in [0.15, 0.2) is 24.3 Å². The fourth-order valence-electron chi connectivity index (χ4n) is 1.92. The van der Waals surface area contributed by atoms with Gasteiger partial charge in [-0.2, -0.15) is 0 Å². The van der Waals surface area contributed by atoms with E-state index in [1.165, 1.54) is 7.11 Å². The molecule has 1 saturated heterocycles. The monoisotopic (exact) mass is 284 g/mol. The molecule has 1 unspecified atom stereocenters. The van der Waals surface area contributed by atoms with Gasteiger partial charge in [0.05, 0.1) is 13.2 Å². The molecule has 0 amide bonds. The number of ether oxygens (including phenoxy) is 1. The molecule has 1 aliphatic heterocycles. The Labute approximate surface area is 114 Å². The van der Waals surface area contributed by atoms with Crippen LogP contribution in [0.5, 0.6) is 0 Å². The number of methoxy groups -OCH3 is 1. The Morgan fingerprint density at radius 3 is 2.21 bits per heavy atom. The van der Waals surface area contributed by atoms with E-state index in [9.17, 15) is 4.57 Å². The van der Waals surface area contributed by atoms with E-state index in [-0.39, 0.29) is 5.41 Å². The summed E-state index contributed by atoms with van der Waals surface area (Å²) in [5, 5.41) is 0. The SMILES string of the molecule is COC(c1ccc(C)cc1)P1(=O)OCC(C)(C)CO1. The van der Waals surface area contributed by atoms with Gasteiger partial charge < -0.3 is 13.8 Å². The van der Waals surface area contributed by atoms with Crippen LogP contribution in [0.1, 0.15) is 30.8 Å². The lowest BCUT2D eigenvalue weighted by Crippen LogP contribution is -2.30. The third-order valence-corrected chi connectivity index (χ3v) is 5.20. The Morgan fingerprint density at radius 1 is 1.21 bits per heavy atom. The molecular weight excluding hydrogens is 263 g/mol. The van der Waals surface area contributed by atoms with Gasteiger partial charge in [-0.05, 0) is 12.5 Å². The molecule has 0 saturated carbocycles. The van der Waals surface area contributed by atoms with Crippen molar-refractivity contribution in [1.29, 1.82) is 0 Å². The quantitative estimate of drug-likeness (QED) is 0.789. The Balaban J connectivity index is 2.22. The van der Waals surface area contributed by atoms with Crippen LogP contribution >= 0.6 is 7.60 Å². The van der Waals surface area contributed by atoms with Crippen molar-refractivity contribution < 1.29 is 18.3 Å². The first-order chi connectivity index (χ1) is 8.86. The third-order valence-electron chi connectivity index (χ3n) is 3.14. The number of benzene rings is 1. The molecule has 0 N–H and O–H groups in total. The average Bonchev–Trinajstić information content (AvgIpc) is 2.37. The van der Waals surface area contributed by atoms with Gasteiger partial charge in [0.15, 0.2) is 5.85 Å². The summed E-state index contributed by atoms with van der Waals surface area (Å²) < 4.78 is 29.2. The topological polar surface area (TPSA) is 44.8 Å². The zero-order valence-corrected chi connectivity index (χ0v) is 12.8. The van der Waals surface area contributed by atoms with Crippen molar-refractivity contribution in [3.05, 3.63) is 35.4 Å². The molecule has 4 nitrogen and oxygen atoms in total. The van der Waals surface area contributed by atoms with Crippen molar-refractivity contribution >= 4 is 7.60 Å². The van der Waals surface area contributed by atoms with Crippen LogP contribution in [0.3, 0.4) is 0 Å². The maximum absolute atomic E-state index is 12.8. The highest BCUT2D eigenvalue weighted by Crippen LogP contribution is 2.64. The first kappa shape index (κ1) is 14.7.